The fourth-order valence-electron chi connectivity index (χ4n) is 4.73. The summed E-state index contributed by atoms with van der Waals surface area (Å²) in [6.45, 7) is 14.8. The van der Waals surface area contributed by atoms with E-state index >= 15 is 0 Å². The lowest BCUT2D eigenvalue weighted by Crippen LogP contribution is -2.81. The van der Waals surface area contributed by atoms with Gasteiger partial charge in [-0.05, 0) is 52.0 Å². The highest BCUT2D eigenvalue weighted by molar-refractivity contribution is 6.71. The van der Waals surface area contributed by atoms with Gasteiger partial charge in [-0.25, -0.2) is 0 Å². The summed E-state index contributed by atoms with van der Waals surface area (Å²) in [5.74, 6) is 0.463. The third-order valence-electron chi connectivity index (χ3n) is 5.64. The molecule has 1 aliphatic heterocycles. The summed E-state index contributed by atoms with van der Waals surface area (Å²) in [5, 5.41) is -0.464. The van der Waals surface area contributed by atoms with Crippen molar-refractivity contribution >= 4 is 8.56 Å². The zero-order chi connectivity index (χ0) is 16.9. The molecule has 0 aromatic heterocycles. The molecule has 4 nitrogen and oxygen atoms in total. The maximum absolute atomic E-state index is 7.07. The van der Waals surface area contributed by atoms with Gasteiger partial charge in [-0.2, -0.15) is 0 Å². The Bertz CT molecular complexity index is 336. The monoisotopic (exact) mass is 331 g/mol. The van der Waals surface area contributed by atoms with Crippen molar-refractivity contribution in [1.82, 2.24) is 0 Å². The van der Waals surface area contributed by atoms with E-state index in [0.29, 0.717) is 25.7 Å². The fraction of sp³-hybridized carbons (Fsp3) is 1.00. The molecule has 0 saturated carbocycles. The number of nitrogens with two attached hydrogens (primary N) is 1. The average molecular weight is 332 g/mol. The van der Waals surface area contributed by atoms with Gasteiger partial charge < -0.3 is 19.3 Å². The van der Waals surface area contributed by atoms with Gasteiger partial charge in [0.05, 0.1) is 0 Å². The van der Waals surface area contributed by atoms with E-state index < -0.39 is 13.8 Å². The Hall–Kier alpha value is 0.0569. The second-order valence-electron chi connectivity index (χ2n) is 6.27. The van der Waals surface area contributed by atoms with Crippen molar-refractivity contribution in [3.05, 3.63) is 0 Å². The summed E-state index contributed by atoms with van der Waals surface area (Å²) < 4.78 is 19.2. The smallest absolute Gasteiger partial charge is 0.373 e. The molecule has 5 heteroatoms. The van der Waals surface area contributed by atoms with Crippen LogP contribution in [0.1, 0.15) is 67.2 Å². The molecule has 0 aromatic carbocycles. The molecule has 3 atom stereocenters. The molecule has 1 fully saturated rings. The summed E-state index contributed by atoms with van der Waals surface area (Å²) in [6.07, 6.45) is 3.92. The van der Waals surface area contributed by atoms with Gasteiger partial charge in [0.15, 0.2) is 0 Å². The predicted molar refractivity (Wildman–Crippen MR) is 94.1 cm³/mol. The Morgan fingerprint density at radius 2 is 1.55 bits per heavy atom. The summed E-state index contributed by atoms with van der Waals surface area (Å²) >= 11 is 0. The van der Waals surface area contributed by atoms with Gasteiger partial charge in [0, 0.05) is 25.4 Å². The van der Waals surface area contributed by atoms with Crippen LogP contribution in [0.2, 0.25) is 6.04 Å². The molecular formula is C17H37NO3Si. The van der Waals surface area contributed by atoms with Crippen LogP contribution in [0.15, 0.2) is 0 Å². The Balaban J connectivity index is 3.48. The van der Waals surface area contributed by atoms with Crippen molar-refractivity contribution < 1.29 is 13.6 Å². The highest BCUT2D eigenvalue weighted by Crippen LogP contribution is 2.52. The highest BCUT2D eigenvalue weighted by Gasteiger charge is 2.70. The van der Waals surface area contributed by atoms with Crippen molar-refractivity contribution in [3.8, 4) is 0 Å². The molecule has 1 rings (SSSR count). The van der Waals surface area contributed by atoms with Crippen molar-refractivity contribution in [3.63, 3.8) is 0 Å². The van der Waals surface area contributed by atoms with Crippen LogP contribution >= 0.6 is 0 Å². The van der Waals surface area contributed by atoms with Gasteiger partial charge in [0.1, 0.15) is 5.22 Å². The normalized spacial score (nSPS) is 34.8. The second kappa shape index (κ2) is 8.24. The van der Waals surface area contributed by atoms with Gasteiger partial charge in [0.2, 0.25) is 0 Å². The average Bonchev–Trinajstić information content (AvgIpc) is 2.52. The Morgan fingerprint density at radius 1 is 0.955 bits per heavy atom. The number of hydrogen-bond acceptors (Lipinski definition) is 4. The SMILES string of the molecule is CCOC1(CC)C(N)(CC)C(CC)CC[Si]1(OCC)OCC. The molecular weight excluding hydrogens is 294 g/mol. The molecule has 0 spiro atoms. The van der Waals surface area contributed by atoms with Gasteiger partial charge in [-0.1, -0.05) is 27.2 Å². The molecule has 2 N–H and O–H groups in total. The molecule has 0 aliphatic carbocycles. The first-order valence-electron chi connectivity index (χ1n) is 9.18. The topological polar surface area (TPSA) is 53.7 Å². The summed E-state index contributed by atoms with van der Waals surface area (Å²) in [7, 11) is -2.55. The Kier molecular flexibility index (Phi) is 7.53. The van der Waals surface area contributed by atoms with Crippen LogP contribution in [-0.4, -0.2) is 39.1 Å². The van der Waals surface area contributed by atoms with Crippen molar-refractivity contribution in [2.45, 2.75) is 84.0 Å². The highest BCUT2D eigenvalue weighted by atomic mass is 28.4. The van der Waals surface area contributed by atoms with Gasteiger partial charge in [0.25, 0.3) is 0 Å². The lowest BCUT2D eigenvalue weighted by molar-refractivity contribution is -0.108. The Labute approximate surface area is 138 Å². The minimum absolute atomic E-state index is 0.374. The minimum Gasteiger partial charge on any atom is -0.393 e. The van der Waals surface area contributed by atoms with Crippen LogP contribution in [0.4, 0.5) is 0 Å². The van der Waals surface area contributed by atoms with Crippen molar-refractivity contribution in [1.29, 1.82) is 0 Å². The molecule has 0 bridgehead atoms. The first kappa shape index (κ1) is 20.1. The first-order chi connectivity index (χ1) is 10.5. The maximum atomic E-state index is 7.07. The van der Waals surface area contributed by atoms with E-state index in [-0.39, 0.29) is 5.54 Å². The number of rotatable bonds is 9. The number of hydrogen-bond donors (Lipinski definition) is 1. The molecule has 1 saturated heterocycles. The molecule has 22 heavy (non-hydrogen) atoms. The van der Waals surface area contributed by atoms with E-state index in [0.717, 1.165) is 31.7 Å². The molecule has 0 aromatic rings. The lowest BCUT2D eigenvalue weighted by atomic mass is 9.73. The zero-order valence-electron chi connectivity index (χ0n) is 15.5. The molecule has 0 amide bonds. The van der Waals surface area contributed by atoms with Crippen LogP contribution in [-0.2, 0) is 13.6 Å². The van der Waals surface area contributed by atoms with Crippen LogP contribution in [0.3, 0.4) is 0 Å². The maximum Gasteiger partial charge on any atom is 0.373 e. The molecule has 1 aliphatic rings. The van der Waals surface area contributed by atoms with Crippen molar-refractivity contribution in [2.24, 2.45) is 11.7 Å². The third kappa shape index (κ3) is 2.91. The van der Waals surface area contributed by atoms with Crippen LogP contribution in [0.25, 0.3) is 0 Å². The fourth-order valence-corrected chi connectivity index (χ4v) is 9.62. The van der Waals surface area contributed by atoms with E-state index in [2.05, 4.69) is 41.5 Å². The summed E-state index contributed by atoms with van der Waals surface area (Å²) in [5.41, 5.74) is 6.70. The standard InChI is InChI=1S/C17H37NO3Si/c1-7-15-13-14-22(20-11-5,21-12-6)17(9-3,19-10-4)16(15,18)8-2/h15H,7-14,18H2,1-6H3. The van der Waals surface area contributed by atoms with Crippen molar-refractivity contribution in [2.75, 3.05) is 19.8 Å². The zero-order valence-corrected chi connectivity index (χ0v) is 16.5. The van der Waals surface area contributed by atoms with E-state index in [1.165, 1.54) is 0 Å². The van der Waals surface area contributed by atoms with E-state index in [1.807, 2.05) is 0 Å². The van der Waals surface area contributed by atoms with E-state index in [1.54, 1.807) is 0 Å². The molecule has 0 radical (unpaired) electrons. The molecule has 1 heterocycles. The van der Waals surface area contributed by atoms with Crippen LogP contribution in [0, 0.1) is 5.92 Å². The second-order valence-corrected chi connectivity index (χ2v) is 9.66. The summed E-state index contributed by atoms with van der Waals surface area (Å²) in [4.78, 5) is 0. The predicted octanol–water partition coefficient (Wildman–Crippen LogP) is 3.76. The lowest BCUT2D eigenvalue weighted by Gasteiger charge is -2.61. The first-order valence-corrected chi connectivity index (χ1v) is 11.2. The van der Waals surface area contributed by atoms with E-state index in [9.17, 15) is 0 Å². The summed E-state index contributed by atoms with van der Waals surface area (Å²) in [6, 6.07) is 0.986. The largest absolute Gasteiger partial charge is 0.393 e. The third-order valence-corrected chi connectivity index (χ3v) is 10.3. The van der Waals surface area contributed by atoms with Gasteiger partial charge in [-0.3, -0.25) is 0 Å². The van der Waals surface area contributed by atoms with Crippen LogP contribution in [0.5, 0.6) is 0 Å². The number of ether oxygens (including phenoxy) is 1. The Morgan fingerprint density at radius 3 is 1.91 bits per heavy atom. The van der Waals surface area contributed by atoms with Gasteiger partial charge >= 0.3 is 8.56 Å². The molecule has 132 valence electrons. The van der Waals surface area contributed by atoms with Crippen LogP contribution < -0.4 is 5.73 Å². The quantitative estimate of drug-likeness (QED) is 0.654. The molecule has 3 unspecified atom stereocenters. The minimum atomic E-state index is -2.55. The van der Waals surface area contributed by atoms with E-state index in [4.69, 9.17) is 19.3 Å². The van der Waals surface area contributed by atoms with Gasteiger partial charge in [-0.15, -0.1) is 0 Å².